The second kappa shape index (κ2) is 6.72. The van der Waals surface area contributed by atoms with E-state index in [1.807, 2.05) is 0 Å². The molecule has 0 N–H and O–H groups in total. The third-order valence-electron chi connectivity index (χ3n) is 2.85. The SMILES string of the molecule is COC1CCCC(CCP(=O)(OC)OC)O1. The zero-order chi connectivity index (χ0) is 12.0. The number of ether oxygens (including phenoxy) is 2. The van der Waals surface area contributed by atoms with Gasteiger partial charge in [-0.1, -0.05) is 0 Å². The summed E-state index contributed by atoms with van der Waals surface area (Å²) >= 11 is 0. The largest absolute Gasteiger partial charge is 0.356 e. The topological polar surface area (TPSA) is 54.0 Å². The fraction of sp³-hybridized carbons (Fsp3) is 1.00. The van der Waals surface area contributed by atoms with Crippen molar-refractivity contribution in [3.05, 3.63) is 0 Å². The van der Waals surface area contributed by atoms with Crippen molar-refractivity contribution in [2.24, 2.45) is 0 Å². The molecule has 0 aromatic rings. The molecule has 2 atom stereocenters. The van der Waals surface area contributed by atoms with Gasteiger partial charge >= 0.3 is 7.60 Å². The first kappa shape index (κ1) is 14.1. The van der Waals surface area contributed by atoms with Gasteiger partial charge in [-0.2, -0.15) is 0 Å². The van der Waals surface area contributed by atoms with Crippen LogP contribution in [0.25, 0.3) is 0 Å². The van der Waals surface area contributed by atoms with E-state index >= 15 is 0 Å². The Kier molecular flexibility index (Phi) is 5.94. The standard InChI is InChI=1S/C10H21O5P/c1-12-10-6-4-5-9(15-10)7-8-16(11,13-2)14-3/h9-10H,4-8H2,1-3H3. The quantitative estimate of drug-likeness (QED) is 0.679. The van der Waals surface area contributed by atoms with Crippen molar-refractivity contribution in [3.8, 4) is 0 Å². The molecule has 0 spiro atoms. The molecule has 5 nitrogen and oxygen atoms in total. The molecule has 1 heterocycles. The fourth-order valence-electron chi connectivity index (χ4n) is 1.81. The van der Waals surface area contributed by atoms with Crippen LogP contribution in [-0.2, 0) is 23.1 Å². The molecule has 1 saturated heterocycles. The third-order valence-corrected chi connectivity index (χ3v) is 4.77. The van der Waals surface area contributed by atoms with Crippen molar-refractivity contribution in [1.29, 1.82) is 0 Å². The molecule has 0 amide bonds. The average molecular weight is 252 g/mol. The fourth-order valence-corrected chi connectivity index (χ4v) is 2.93. The minimum Gasteiger partial charge on any atom is -0.356 e. The van der Waals surface area contributed by atoms with Gasteiger partial charge in [0.1, 0.15) is 0 Å². The lowest BCUT2D eigenvalue weighted by atomic mass is 10.1. The van der Waals surface area contributed by atoms with Crippen LogP contribution in [-0.4, -0.2) is 39.9 Å². The molecule has 16 heavy (non-hydrogen) atoms. The Morgan fingerprint density at radius 3 is 2.50 bits per heavy atom. The number of hydrogen-bond donors (Lipinski definition) is 0. The predicted octanol–water partition coefficient (Wildman–Crippen LogP) is 2.40. The molecule has 0 radical (unpaired) electrons. The van der Waals surface area contributed by atoms with Gasteiger partial charge in [-0.25, -0.2) is 0 Å². The zero-order valence-electron chi connectivity index (χ0n) is 10.2. The molecular formula is C10H21O5P. The van der Waals surface area contributed by atoms with Gasteiger partial charge in [-0.3, -0.25) is 4.57 Å². The predicted molar refractivity (Wildman–Crippen MR) is 60.6 cm³/mol. The maximum Gasteiger partial charge on any atom is 0.330 e. The van der Waals surface area contributed by atoms with Crippen LogP contribution in [0.2, 0.25) is 0 Å². The molecule has 0 aromatic carbocycles. The molecule has 2 unspecified atom stereocenters. The summed E-state index contributed by atoms with van der Waals surface area (Å²) in [5, 5.41) is 0. The minimum atomic E-state index is -2.90. The summed E-state index contributed by atoms with van der Waals surface area (Å²) in [7, 11) is 1.56. The van der Waals surface area contributed by atoms with E-state index in [9.17, 15) is 4.57 Å². The van der Waals surface area contributed by atoms with Crippen LogP contribution in [0.1, 0.15) is 25.7 Å². The van der Waals surface area contributed by atoms with Crippen LogP contribution in [0.15, 0.2) is 0 Å². The lowest BCUT2D eigenvalue weighted by Crippen LogP contribution is -2.29. The highest BCUT2D eigenvalue weighted by Crippen LogP contribution is 2.47. The van der Waals surface area contributed by atoms with E-state index in [1.165, 1.54) is 14.2 Å². The highest BCUT2D eigenvalue weighted by Gasteiger charge is 2.27. The van der Waals surface area contributed by atoms with Gasteiger partial charge < -0.3 is 18.5 Å². The first-order chi connectivity index (χ1) is 7.63. The van der Waals surface area contributed by atoms with Crippen LogP contribution in [0, 0.1) is 0 Å². The van der Waals surface area contributed by atoms with Gasteiger partial charge in [-0.05, 0) is 25.7 Å². The molecule has 0 aromatic heterocycles. The highest BCUT2D eigenvalue weighted by atomic mass is 31.2. The Labute approximate surface area is 96.9 Å². The zero-order valence-corrected chi connectivity index (χ0v) is 11.1. The molecule has 0 bridgehead atoms. The Hall–Kier alpha value is 0.0700. The third kappa shape index (κ3) is 4.15. The maximum absolute atomic E-state index is 11.8. The molecule has 1 fully saturated rings. The Morgan fingerprint density at radius 1 is 1.25 bits per heavy atom. The van der Waals surface area contributed by atoms with E-state index in [2.05, 4.69) is 0 Å². The van der Waals surface area contributed by atoms with E-state index in [1.54, 1.807) is 7.11 Å². The molecule has 0 aliphatic carbocycles. The monoisotopic (exact) mass is 252 g/mol. The van der Waals surface area contributed by atoms with Crippen molar-refractivity contribution in [2.75, 3.05) is 27.5 Å². The summed E-state index contributed by atoms with van der Waals surface area (Å²) in [6.45, 7) is 0. The van der Waals surface area contributed by atoms with E-state index in [-0.39, 0.29) is 12.4 Å². The molecule has 1 rings (SSSR count). The van der Waals surface area contributed by atoms with E-state index in [0.717, 1.165) is 19.3 Å². The van der Waals surface area contributed by atoms with E-state index in [4.69, 9.17) is 18.5 Å². The molecule has 1 aliphatic heterocycles. The van der Waals surface area contributed by atoms with Gasteiger partial charge in [0.15, 0.2) is 6.29 Å². The van der Waals surface area contributed by atoms with Gasteiger partial charge in [0.2, 0.25) is 0 Å². The first-order valence-corrected chi connectivity index (χ1v) is 7.25. The van der Waals surface area contributed by atoms with Crippen molar-refractivity contribution in [3.63, 3.8) is 0 Å². The Morgan fingerprint density at radius 2 is 1.94 bits per heavy atom. The summed E-state index contributed by atoms with van der Waals surface area (Å²) in [6, 6.07) is 0. The summed E-state index contributed by atoms with van der Waals surface area (Å²) in [5.41, 5.74) is 0. The van der Waals surface area contributed by atoms with Crippen LogP contribution < -0.4 is 0 Å². The minimum absolute atomic E-state index is 0.0947. The molecule has 6 heteroatoms. The molecule has 96 valence electrons. The number of methoxy groups -OCH3 is 1. The lowest BCUT2D eigenvalue weighted by Gasteiger charge is -2.29. The average Bonchev–Trinajstić information content (AvgIpc) is 2.36. The lowest BCUT2D eigenvalue weighted by molar-refractivity contribution is -0.180. The van der Waals surface area contributed by atoms with Crippen LogP contribution in [0.3, 0.4) is 0 Å². The second-order valence-corrected chi connectivity index (χ2v) is 6.24. The van der Waals surface area contributed by atoms with Gasteiger partial charge in [-0.15, -0.1) is 0 Å². The van der Waals surface area contributed by atoms with Crippen molar-refractivity contribution in [1.82, 2.24) is 0 Å². The van der Waals surface area contributed by atoms with Gasteiger partial charge in [0.05, 0.1) is 12.3 Å². The Balaban J connectivity index is 2.34. The van der Waals surface area contributed by atoms with Crippen LogP contribution in [0.5, 0.6) is 0 Å². The highest BCUT2D eigenvalue weighted by molar-refractivity contribution is 7.53. The molecular weight excluding hydrogens is 231 g/mol. The summed E-state index contributed by atoms with van der Waals surface area (Å²) < 4.78 is 32.4. The van der Waals surface area contributed by atoms with Crippen molar-refractivity contribution >= 4 is 7.60 Å². The van der Waals surface area contributed by atoms with Crippen LogP contribution >= 0.6 is 7.60 Å². The summed E-state index contributed by atoms with van der Waals surface area (Å²) in [5.74, 6) is 0. The second-order valence-electron chi connectivity index (χ2n) is 3.84. The normalized spacial score (nSPS) is 26.9. The van der Waals surface area contributed by atoms with Crippen molar-refractivity contribution in [2.45, 2.75) is 38.1 Å². The van der Waals surface area contributed by atoms with Gasteiger partial charge in [0, 0.05) is 21.3 Å². The summed E-state index contributed by atoms with van der Waals surface area (Å²) in [6.07, 6.45) is 4.03. The Bertz CT molecular complexity index is 237. The number of rotatable bonds is 6. The van der Waals surface area contributed by atoms with Crippen LogP contribution in [0.4, 0.5) is 0 Å². The number of hydrogen-bond acceptors (Lipinski definition) is 5. The van der Waals surface area contributed by atoms with E-state index < -0.39 is 7.60 Å². The first-order valence-electron chi connectivity index (χ1n) is 5.52. The smallest absolute Gasteiger partial charge is 0.330 e. The van der Waals surface area contributed by atoms with Crippen molar-refractivity contribution < 1.29 is 23.1 Å². The molecule has 1 aliphatic rings. The maximum atomic E-state index is 11.8. The summed E-state index contributed by atoms with van der Waals surface area (Å²) in [4.78, 5) is 0. The van der Waals surface area contributed by atoms with E-state index in [0.29, 0.717) is 12.6 Å². The van der Waals surface area contributed by atoms with Gasteiger partial charge in [0.25, 0.3) is 0 Å². The molecule has 0 saturated carbocycles.